The molecule has 1 amide bonds. The number of ether oxygens (including phenoxy) is 1. The van der Waals surface area contributed by atoms with E-state index in [9.17, 15) is 9.90 Å². The largest absolute Gasteiger partial charge is 0.394 e. The van der Waals surface area contributed by atoms with Gasteiger partial charge in [0.1, 0.15) is 5.82 Å². The fraction of sp³-hybridized carbons (Fsp3) is 0.296. The Hall–Kier alpha value is -3.30. The van der Waals surface area contributed by atoms with E-state index in [0.717, 1.165) is 41.1 Å². The number of nitrogens with two attached hydrogens (primary N) is 1. The molecular weight excluding hydrogens is 478 g/mol. The molecule has 9 heteroatoms. The van der Waals surface area contributed by atoms with Gasteiger partial charge in [0.25, 0.3) is 0 Å². The highest BCUT2D eigenvalue weighted by Gasteiger charge is 2.11. The summed E-state index contributed by atoms with van der Waals surface area (Å²) >= 11 is 6.05. The Kier molecular flexibility index (Phi) is 9.02. The van der Waals surface area contributed by atoms with Gasteiger partial charge in [-0.3, -0.25) is 9.78 Å². The summed E-state index contributed by atoms with van der Waals surface area (Å²) in [4.78, 5) is 20.6. The van der Waals surface area contributed by atoms with E-state index in [1.54, 1.807) is 24.5 Å². The number of anilines is 1. The highest BCUT2D eigenvalue weighted by Crippen LogP contribution is 2.29. The van der Waals surface area contributed by atoms with Gasteiger partial charge in [-0.2, -0.15) is 0 Å². The van der Waals surface area contributed by atoms with E-state index in [1.165, 1.54) is 0 Å². The van der Waals surface area contributed by atoms with Crippen molar-refractivity contribution in [3.8, 4) is 0 Å². The molecule has 36 heavy (non-hydrogen) atoms. The number of nitrogens with zero attached hydrogens (tertiary/aromatic N) is 2. The maximum Gasteiger partial charge on any atom is 0.248 e. The minimum atomic E-state index is -0.487. The number of aliphatic hydroxyl groups is 1. The third-order valence-corrected chi connectivity index (χ3v) is 6.19. The second-order valence-corrected chi connectivity index (χ2v) is 8.90. The first kappa shape index (κ1) is 25.8. The second kappa shape index (κ2) is 12.6. The number of hydrogen-bond donors (Lipinski definition) is 4. The maximum absolute atomic E-state index is 11.6. The standard InChI is InChI=1S/C27H30ClN5O3/c28-20-5-3-4-18(14-20)25(17-34)31-9-1-2-12-36-13-11-32-27-22-8-10-30-16-23(22)21-7-6-19(26(29)35)15-24(21)33-27/h3-8,10,14-16,25,31,34H,1-2,9,11-13,17H2,(H2,29,35)(H,32,33)/t25-/m1/s1. The van der Waals surface area contributed by atoms with Crippen LogP contribution in [0.3, 0.4) is 0 Å². The summed E-state index contributed by atoms with van der Waals surface area (Å²) in [6.45, 7) is 2.55. The highest BCUT2D eigenvalue weighted by atomic mass is 35.5. The summed E-state index contributed by atoms with van der Waals surface area (Å²) in [6.07, 6.45) is 5.36. The summed E-state index contributed by atoms with van der Waals surface area (Å²) in [5.74, 6) is 0.227. The van der Waals surface area contributed by atoms with Crippen LogP contribution in [0.25, 0.3) is 21.7 Å². The first-order valence-corrected chi connectivity index (χ1v) is 12.3. The quantitative estimate of drug-likeness (QED) is 0.159. The van der Waals surface area contributed by atoms with Crippen LogP contribution < -0.4 is 16.4 Å². The Morgan fingerprint density at radius 2 is 1.94 bits per heavy atom. The summed E-state index contributed by atoms with van der Waals surface area (Å²) < 4.78 is 5.78. The lowest BCUT2D eigenvalue weighted by atomic mass is 10.1. The van der Waals surface area contributed by atoms with Gasteiger partial charge >= 0.3 is 0 Å². The molecule has 4 aromatic rings. The number of fused-ring (bicyclic) bond motifs is 3. The van der Waals surface area contributed by atoms with E-state index in [0.29, 0.717) is 41.7 Å². The number of carbonyl (C=O) groups is 1. The highest BCUT2D eigenvalue weighted by molar-refractivity contribution is 6.30. The minimum absolute atomic E-state index is 0.0138. The van der Waals surface area contributed by atoms with Gasteiger partial charge in [0.05, 0.1) is 24.8 Å². The second-order valence-electron chi connectivity index (χ2n) is 8.47. The van der Waals surface area contributed by atoms with Crippen molar-refractivity contribution in [2.45, 2.75) is 18.9 Å². The van der Waals surface area contributed by atoms with Crippen LogP contribution in [0, 0.1) is 0 Å². The van der Waals surface area contributed by atoms with Crippen molar-refractivity contribution in [2.75, 3.05) is 38.2 Å². The number of benzene rings is 2. The number of primary amides is 1. The van der Waals surface area contributed by atoms with Gasteiger partial charge in [0, 0.05) is 52.3 Å². The number of rotatable bonds is 13. The average Bonchev–Trinajstić information content (AvgIpc) is 2.89. The molecular formula is C27H30ClN5O3. The number of halogens is 1. The Morgan fingerprint density at radius 3 is 2.75 bits per heavy atom. The van der Waals surface area contributed by atoms with Gasteiger partial charge in [-0.05, 0) is 55.3 Å². The fourth-order valence-corrected chi connectivity index (χ4v) is 4.30. The molecule has 1 atom stereocenters. The van der Waals surface area contributed by atoms with Gasteiger partial charge < -0.3 is 26.2 Å². The summed E-state index contributed by atoms with van der Waals surface area (Å²) in [5, 5.41) is 19.8. The SMILES string of the molecule is NC(=O)c1ccc2c(c1)nc(NCCOCCCCN[C@H](CO)c1cccc(Cl)c1)c1ccncc12. The third-order valence-electron chi connectivity index (χ3n) is 5.96. The molecule has 0 saturated heterocycles. The Balaban J connectivity index is 1.23. The molecule has 0 saturated carbocycles. The number of aliphatic hydroxyl groups excluding tert-OH is 1. The number of nitrogens with one attached hydrogen (secondary N) is 2. The molecule has 5 N–H and O–H groups in total. The van der Waals surface area contributed by atoms with Crippen LogP contribution in [0.2, 0.25) is 5.02 Å². The van der Waals surface area contributed by atoms with Gasteiger partial charge in [0.2, 0.25) is 5.91 Å². The molecule has 0 radical (unpaired) electrons. The predicted octanol–water partition coefficient (Wildman–Crippen LogP) is 4.07. The van der Waals surface area contributed by atoms with E-state index in [1.807, 2.05) is 36.4 Å². The molecule has 0 aliphatic carbocycles. The zero-order chi connectivity index (χ0) is 25.3. The van der Waals surface area contributed by atoms with Gasteiger partial charge in [-0.15, -0.1) is 0 Å². The molecule has 8 nitrogen and oxygen atoms in total. The maximum atomic E-state index is 11.6. The lowest BCUT2D eigenvalue weighted by molar-refractivity contribution is 0.100. The first-order chi connectivity index (χ1) is 17.6. The Morgan fingerprint density at radius 1 is 1.06 bits per heavy atom. The molecule has 2 heterocycles. The van der Waals surface area contributed by atoms with E-state index in [4.69, 9.17) is 27.1 Å². The van der Waals surface area contributed by atoms with Crippen molar-refractivity contribution in [3.63, 3.8) is 0 Å². The molecule has 2 aromatic carbocycles. The fourth-order valence-electron chi connectivity index (χ4n) is 4.10. The summed E-state index contributed by atoms with van der Waals surface area (Å²) in [5.41, 5.74) is 7.51. The lowest BCUT2D eigenvalue weighted by Gasteiger charge is -2.17. The minimum Gasteiger partial charge on any atom is -0.394 e. The van der Waals surface area contributed by atoms with E-state index >= 15 is 0 Å². The van der Waals surface area contributed by atoms with Crippen LogP contribution in [0.4, 0.5) is 5.82 Å². The van der Waals surface area contributed by atoms with Crippen LogP contribution in [0.5, 0.6) is 0 Å². The van der Waals surface area contributed by atoms with Crippen LogP contribution in [0.1, 0.15) is 34.8 Å². The molecule has 0 fully saturated rings. The van der Waals surface area contributed by atoms with Crippen LogP contribution in [-0.2, 0) is 4.74 Å². The van der Waals surface area contributed by atoms with E-state index < -0.39 is 5.91 Å². The number of unbranched alkanes of at least 4 members (excludes halogenated alkanes) is 1. The van der Waals surface area contributed by atoms with Crippen molar-refractivity contribution < 1.29 is 14.6 Å². The first-order valence-electron chi connectivity index (χ1n) is 12.0. The van der Waals surface area contributed by atoms with Crippen LogP contribution in [0.15, 0.2) is 60.9 Å². The molecule has 2 aromatic heterocycles. The summed E-state index contributed by atoms with van der Waals surface area (Å²) in [6, 6.07) is 14.6. The van der Waals surface area contributed by atoms with Gasteiger partial charge in [-0.1, -0.05) is 29.8 Å². The van der Waals surface area contributed by atoms with Crippen molar-refractivity contribution >= 4 is 45.0 Å². The number of amides is 1. The zero-order valence-corrected chi connectivity index (χ0v) is 20.7. The molecule has 0 aliphatic heterocycles. The summed E-state index contributed by atoms with van der Waals surface area (Å²) in [7, 11) is 0. The van der Waals surface area contributed by atoms with Crippen molar-refractivity contribution in [1.82, 2.24) is 15.3 Å². The number of hydrogen-bond acceptors (Lipinski definition) is 7. The monoisotopic (exact) mass is 507 g/mol. The van der Waals surface area contributed by atoms with Gasteiger partial charge in [-0.25, -0.2) is 4.98 Å². The smallest absolute Gasteiger partial charge is 0.248 e. The lowest BCUT2D eigenvalue weighted by Crippen LogP contribution is -2.25. The number of carbonyl (C=O) groups excluding carboxylic acids is 1. The van der Waals surface area contributed by atoms with Crippen molar-refractivity contribution in [3.05, 3.63) is 77.1 Å². The van der Waals surface area contributed by atoms with Gasteiger partial charge in [0.15, 0.2) is 0 Å². The van der Waals surface area contributed by atoms with E-state index in [2.05, 4.69) is 15.6 Å². The zero-order valence-electron chi connectivity index (χ0n) is 19.9. The molecule has 4 rings (SSSR count). The normalized spacial score (nSPS) is 12.2. The molecule has 0 aliphatic rings. The Labute approximate surface area is 214 Å². The van der Waals surface area contributed by atoms with Crippen LogP contribution in [-0.4, -0.2) is 53.9 Å². The molecule has 0 unspecified atom stereocenters. The predicted molar refractivity (Wildman–Crippen MR) is 143 cm³/mol. The number of aromatic nitrogens is 2. The molecule has 0 bridgehead atoms. The molecule has 0 spiro atoms. The van der Waals surface area contributed by atoms with E-state index in [-0.39, 0.29) is 12.6 Å². The molecule has 188 valence electrons. The average molecular weight is 508 g/mol. The topological polar surface area (TPSA) is 122 Å². The van der Waals surface area contributed by atoms with Crippen molar-refractivity contribution in [2.24, 2.45) is 5.73 Å². The number of pyridine rings is 2. The Bertz CT molecular complexity index is 1330. The van der Waals surface area contributed by atoms with Crippen LogP contribution >= 0.6 is 11.6 Å². The third kappa shape index (κ3) is 6.47. The van der Waals surface area contributed by atoms with Crippen molar-refractivity contribution in [1.29, 1.82) is 0 Å².